The zero-order chi connectivity index (χ0) is 13.0. The minimum absolute atomic E-state index is 0.0810. The van der Waals surface area contributed by atoms with Crippen LogP contribution in [0.1, 0.15) is 17.0 Å². The Bertz CT molecular complexity index is 630. The summed E-state index contributed by atoms with van der Waals surface area (Å²) < 4.78 is 1.44. The fourth-order valence-electron chi connectivity index (χ4n) is 1.58. The minimum atomic E-state index is 0.0810. The Kier molecular flexibility index (Phi) is 3.57. The molecule has 88 valence electrons. The summed E-state index contributed by atoms with van der Waals surface area (Å²) in [5.41, 5.74) is 1.87. The summed E-state index contributed by atoms with van der Waals surface area (Å²) >= 11 is 5.81. The van der Waals surface area contributed by atoms with Crippen LogP contribution in [0.25, 0.3) is 0 Å². The average Bonchev–Trinajstić information content (AvgIpc) is 2.75. The van der Waals surface area contributed by atoms with Crippen LogP contribution in [0.3, 0.4) is 0 Å². The Balaban J connectivity index is 2.33. The van der Waals surface area contributed by atoms with Crippen molar-refractivity contribution in [3.63, 3.8) is 0 Å². The number of hydrogen-bond acceptors (Lipinski definition) is 4. The number of nitriles is 2. The zero-order valence-corrected chi connectivity index (χ0v) is 10.1. The Labute approximate surface area is 109 Å². The lowest BCUT2D eigenvalue weighted by Crippen LogP contribution is -2.05. The third-order valence-corrected chi connectivity index (χ3v) is 2.70. The quantitative estimate of drug-likeness (QED) is 0.841. The number of aromatic nitrogens is 3. The van der Waals surface area contributed by atoms with Crippen molar-refractivity contribution >= 4 is 11.6 Å². The van der Waals surface area contributed by atoms with Gasteiger partial charge in [-0.05, 0) is 17.7 Å². The molecular formula is C12H8ClN5. The molecule has 1 heterocycles. The van der Waals surface area contributed by atoms with Gasteiger partial charge >= 0.3 is 0 Å². The predicted octanol–water partition coefficient (Wildman–Crippen LogP) is 1.92. The van der Waals surface area contributed by atoms with Crippen LogP contribution in [-0.4, -0.2) is 15.0 Å². The van der Waals surface area contributed by atoms with Gasteiger partial charge in [0.15, 0.2) is 5.69 Å². The molecule has 0 bridgehead atoms. The largest absolute Gasteiger partial charge is 0.233 e. The van der Waals surface area contributed by atoms with Crippen molar-refractivity contribution in [1.82, 2.24) is 15.0 Å². The van der Waals surface area contributed by atoms with Crippen molar-refractivity contribution in [2.75, 3.05) is 0 Å². The second-order valence-electron chi connectivity index (χ2n) is 3.62. The van der Waals surface area contributed by atoms with Crippen LogP contribution in [0.5, 0.6) is 0 Å². The number of halogens is 1. The second kappa shape index (κ2) is 5.31. The molecule has 18 heavy (non-hydrogen) atoms. The maximum absolute atomic E-state index is 8.95. The highest BCUT2D eigenvalue weighted by Crippen LogP contribution is 2.15. The monoisotopic (exact) mass is 257 g/mol. The van der Waals surface area contributed by atoms with Crippen molar-refractivity contribution in [3.8, 4) is 12.1 Å². The highest BCUT2D eigenvalue weighted by molar-refractivity contribution is 6.30. The maximum Gasteiger partial charge on any atom is 0.186 e. The van der Waals surface area contributed by atoms with Crippen LogP contribution < -0.4 is 0 Å². The van der Waals surface area contributed by atoms with Gasteiger partial charge in [0.05, 0.1) is 11.8 Å². The molecule has 0 unspecified atom stereocenters. The van der Waals surface area contributed by atoms with Gasteiger partial charge in [0.25, 0.3) is 0 Å². The van der Waals surface area contributed by atoms with Gasteiger partial charge < -0.3 is 0 Å². The fourth-order valence-corrected chi connectivity index (χ4v) is 1.71. The molecule has 0 amide bonds. The van der Waals surface area contributed by atoms with Crippen LogP contribution in [0, 0.1) is 22.7 Å². The van der Waals surface area contributed by atoms with Crippen molar-refractivity contribution in [2.45, 2.75) is 13.0 Å². The number of hydrogen-bond donors (Lipinski definition) is 0. The van der Waals surface area contributed by atoms with E-state index in [1.165, 1.54) is 4.68 Å². The summed E-state index contributed by atoms with van der Waals surface area (Å²) in [5, 5.41) is 25.8. The van der Waals surface area contributed by atoms with Crippen LogP contribution in [0.15, 0.2) is 24.3 Å². The molecule has 0 spiro atoms. The van der Waals surface area contributed by atoms with Crippen molar-refractivity contribution in [3.05, 3.63) is 46.2 Å². The van der Waals surface area contributed by atoms with Gasteiger partial charge in [0.1, 0.15) is 12.6 Å². The van der Waals surface area contributed by atoms with E-state index < -0.39 is 0 Å². The molecule has 1 aromatic heterocycles. The van der Waals surface area contributed by atoms with E-state index in [-0.39, 0.29) is 12.2 Å². The van der Waals surface area contributed by atoms with Crippen molar-refractivity contribution in [2.24, 2.45) is 0 Å². The van der Waals surface area contributed by atoms with Crippen molar-refractivity contribution in [1.29, 1.82) is 10.5 Å². The van der Waals surface area contributed by atoms with Crippen LogP contribution >= 0.6 is 11.6 Å². The highest BCUT2D eigenvalue weighted by Gasteiger charge is 2.12. The van der Waals surface area contributed by atoms with Gasteiger partial charge in [-0.25, -0.2) is 4.68 Å². The number of benzene rings is 1. The Morgan fingerprint density at radius 3 is 2.56 bits per heavy atom. The lowest BCUT2D eigenvalue weighted by atomic mass is 10.1. The van der Waals surface area contributed by atoms with Gasteiger partial charge in [-0.2, -0.15) is 10.5 Å². The third-order valence-electron chi connectivity index (χ3n) is 2.45. The molecule has 5 nitrogen and oxygen atoms in total. The van der Waals surface area contributed by atoms with Crippen LogP contribution in [-0.2, 0) is 13.0 Å². The summed E-state index contributed by atoms with van der Waals surface area (Å²) in [5.74, 6) is 0. The van der Waals surface area contributed by atoms with E-state index >= 15 is 0 Å². The Morgan fingerprint density at radius 2 is 1.94 bits per heavy atom. The molecule has 0 N–H and O–H groups in total. The van der Waals surface area contributed by atoms with Gasteiger partial charge in [-0.1, -0.05) is 28.9 Å². The molecule has 2 aromatic rings. The molecule has 0 aliphatic heterocycles. The molecule has 2 rings (SSSR count). The lowest BCUT2D eigenvalue weighted by Gasteiger charge is -2.03. The van der Waals surface area contributed by atoms with E-state index in [9.17, 15) is 0 Å². The highest BCUT2D eigenvalue weighted by atomic mass is 35.5. The first-order chi connectivity index (χ1) is 8.74. The van der Waals surface area contributed by atoms with E-state index in [0.29, 0.717) is 17.1 Å². The molecule has 0 radical (unpaired) electrons. The lowest BCUT2D eigenvalue weighted by molar-refractivity contribution is 0.642. The first-order valence-electron chi connectivity index (χ1n) is 5.18. The van der Waals surface area contributed by atoms with Crippen molar-refractivity contribution < 1.29 is 0 Å². The van der Waals surface area contributed by atoms with Crippen LogP contribution in [0.4, 0.5) is 0 Å². The van der Waals surface area contributed by atoms with E-state index in [1.54, 1.807) is 12.1 Å². The average molecular weight is 258 g/mol. The van der Waals surface area contributed by atoms with E-state index in [2.05, 4.69) is 10.3 Å². The molecule has 0 saturated heterocycles. The Morgan fingerprint density at radius 1 is 1.22 bits per heavy atom. The fraction of sp³-hybridized carbons (Fsp3) is 0.167. The zero-order valence-electron chi connectivity index (χ0n) is 9.34. The van der Waals surface area contributed by atoms with Gasteiger partial charge in [0.2, 0.25) is 0 Å². The summed E-state index contributed by atoms with van der Waals surface area (Å²) in [6.07, 6.45) is 0.495. The van der Waals surface area contributed by atoms with E-state index in [1.807, 2.05) is 24.3 Å². The van der Waals surface area contributed by atoms with Gasteiger partial charge in [-0.3, -0.25) is 0 Å². The van der Waals surface area contributed by atoms with Gasteiger partial charge in [0, 0.05) is 11.4 Å². The second-order valence-corrected chi connectivity index (χ2v) is 4.05. The van der Waals surface area contributed by atoms with E-state index in [4.69, 9.17) is 22.1 Å². The summed E-state index contributed by atoms with van der Waals surface area (Å²) in [6, 6.07) is 11.3. The molecule has 6 heteroatoms. The number of rotatable bonds is 3. The molecule has 0 saturated carbocycles. The maximum atomic E-state index is 8.95. The summed E-state index contributed by atoms with van der Waals surface area (Å²) in [7, 11) is 0. The standard InChI is InChI=1S/C12H8ClN5/c13-10-3-1-9(2-4-10)7-12-11(8-15)16-17-18(12)6-5-14/h1-4H,6-7H2. The molecule has 0 aliphatic carbocycles. The molecule has 0 atom stereocenters. The normalized spacial score (nSPS) is 9.72. The topological polar surface area (TPSA) is 78.3 Å². The SMILES string of the molecule is N#CCn1nnc(C#N)c1Cc1ccc(Cl)cc1. The third kappa shape index (κ3) is 2.48. The van der Waals surface area contributed by atoms with E-state index in [0.717, 1.165) is 5.56 Å². The smallest absolute Gasteiger partial charge is 0.186 e. The predicted molar refractivity (Wildman–Crippen MR) is 64.6 cm³/mol. The minimum Gasteiger partial charge on any atom is -0.233 e. The molecule has 0 fully saturated rings. The number of nitrogens with zero attached hydrogens (tertiary/aromatic N) is 5. The molecular weight excluding hydrogens is 250 g/mol. The van der Waals surface area contributed by atoms with Crippen LogP contribution in [0.2, 0.25) is 5.02 Å². The molecule has 0 aliphatic rings. The summed E-state index contributed by atoms with van der Waals surface area (Å²) in [4.78, 5) is 0. The first-order valence-corrected chi connectivity index (χ1v) is 5.56. The Hall–Kier alpha value is -2.37. The summed E-state index contributed by atoms with van der Waals surface area (Å²) in [6.45, 7) is 0.0810. The molecule has 1 aromatic carbocycles. The first kappa shape index (κ1) is 12.1. The van der Waals surface area contributed by atoms with Gasteiger partial charge in [-0.15, -0.1) is 5.10 Å².